The molecule has 0 aliphatic carbocycles. The van der Waals surface area contributed by atoms with E-state index in [1.54, 1.807) is 23.9 Å². The summed E-state index contributed by atoms with van der Waals surface area (Å²) in [6, 6.07) is 9.54. The number of likely N-dealkylation sites (N-methyl/N-ethyl adjacent to an activating group) is 1. The Bertz CT molecular complexity index is 801. The molecule has 1 aliphatic rings. The first-order valence-electron chi connectivity index (χ1n) is 7.23. The van der Waals surface area contributed by atoms with Crippen LogP contribution >= 0.6 is 0 Å². The Labute approximate surface area is 133 Å². The minimum absolute atomic E-state index is 0.0854. The van der Waals surface area contributed by atoms with Crippen LogP contribution in [-0.4, -0.2) is 36.2 Å². The van der Waals surface area contributed by atoms with Gasteiger partial charge in [0, 0.05) is 19.8 Å². The topological polar surface area (TPSA) is 67.7 Å². The van der Waals surface area contributed by atoms with Crippen molar-refractivity contribution in [1.29, 1.82) is 0 Å². The quantitative estimate of drug-likeness (QED) is 0.819. The number of para-hydroxylation sites is 1. The Kier molecular flexibility index (Phi) is 3.77. The Morgan fingerprint density at radius 2 is 1.78 bits per heavy atom. The Morgan fingerprint density at radius 1 is 1.09 bits per heavy atom. The predicted octanol–water partition coefficient (Wildman–Crippen LogP) is 0.772. The van der Waals surface area contributed by atoms with Crippen LogP contribution in [0.2, 0.25) is 0 Å². The largest absolute Gasteiger partial charge is 0.468 e. The molecule has 7 nitrogen and oxygen atoms in total. The number of carbonyl (C=O) groups is 1. The number of rotatable bonds is 2. The molecule has 120 valence electrons. The van der Waals surface area contributed by atoms with Crippen LogP contribution in [0.25, 0.3) is 0 Å². The summed E-state index contributed by atoms with van der Waals surface area (Å²) in [6.07, 6.45) is 0. The molecular formula is C16H18N4O3. The molecular weight excluding hydrogens is 296 g/mol. The first-order valence-corrected chi connectivity index (χ1v) is 7.23. The average molecular weight is 314 g/mol. The number of carbonyl (C=O) groups excluding carboxylic acids is 1. The summed E-state index contributed by atoms with van der Waals surface area (Å²) in [5, 5.41) is 0. The summed E-state index contributed by atoms with van der Waals surface area (Å²) in [5.41, 5.74) is 1.02. The minimum Gasteiger partial charge on any atom is -0.468 e. The molecule has 0 fully saturated rings. The molecule has 3 rings (SSSR count). The molecule has 0 N–H and O–H groups in total. The first kappa shape index (κ1) is 15.1. The number of hydrogen-bond acceptors (Lipinski definition) is 5. The van der Waals surface area contributed by atoms with E-state index >= 15 is 0 Å². The van der Waals surface area contributed by atoms with Crippen molar-refractivity contribution in [2.75, 3.05) is 30.5 Å². The number of ether oxygens (including phenoxy) is 1. The van der Waals surface area contributed by atoms with Gasteiger partial charge in [0.1, 0.15) is 5.82 Å². The molecule has 1 aromatic carbocycles. The predicted molar refractivity (Wildman–Crippen MR) is 86.9 cm³/mol. The van der Waals surface area contributed by atoms with E-state index < -0.39 is 0 Å². The number of nitrogens with zero attached hydrogens (tertiary/aromatic N) is 4. The summed E-state index contributed by atoms with van der Waals surface area (Å²) in [4.78, 5) is 32.9. The number of anilines is 2. The van der Waals surface area contributed by atoms with Gasteiger partial charge in [-0.05, 0) is 12.1 Å². The lowest BCUT2D eigenvalue weighted by Gasteiger charge is -2.20. The highest BCUT2D eigenvalue weighted by Crippen LogP contribution is 2.25. The lowest BCUT2D eigenvalue weighted by Crippen LogP contribution is -2.36. The van der Waals surface area contributed by atoms with E-state index in [4.69, 9.17) is 4.74 Å². The van der Waals surface area contributed by atoms with E-state index in [0.29, 0.717) is 11.4 Å². The average Bonchev–Trinajstić information content (AvgIpc) is 2.68. The molecule has 1 aliphatic heterocycles. The zero-order valence-electron chi connectivity index (χ0n) is 13.3. The number of methoxy groups -OCH3 is 1. The number of amides is 1. The maximum atomic E-state index is 12.7. The van der Waals surface area contributed by atoms with Crippen molar-refractivity contribution < 1.29 is 9.53 Å². The minimum atomic E-state index is -0.214. The van der Waals surface area contributed by atoms with Crippen LogP contribution in [0.1, 0.15) is 5.56 Å². The molecule has 0 radical (unpaired) electrons. The van der Waals surface area contributed by atoms with Crippen LogP contribution in [0.4, 0.5) is 11.5 Å². The van der Waals surface area contributed by atoms with Crippen molar-refractivity contribution in [3.63, 3.8) is 0 Å². The molecule has 2 heterocycles. The lowest BCUT2D eigenvalue weighted by atomic mass is 10.2. The molecule has 0 bridgehead atoms. The summed E-state index contributed by atoms with van der Waals surface area (Å²) in [7, 11) is 4.82. The van der Waals surface area contributed by atoms with Gasteiger partial charge in [0.05, 0.1) is 25.8 Å². The fourth-order valence-electron chi connectivity index (χ4n) is 2.71. The van der Waals surface area contributed by atoms with Crippen molar-refractivity contribution in [1.82, 2.24) is 9.55 Å². The molecule has 1 aromatic heterocycles. The highest BCUT2D eigenvalue weighted by atomic mass is 16.5. The SMILES string of the molecule is COc1nc2c(c(=O)n1C)CN(c1ccccc1)C(=O)CN2C. The third-order valence-corrected chi connectivity index (χ3v) is 3.92. The van der Waals surface area contributed by atoms with Gasteiger partial charge in [0.15, 0.2) is 0 Å². The first-order chi connectivity index (χ1) is 11.0. The van der Waals surface area contributed by atoms with E-state index in [2.05, 4.69) is 4.98 Å². The van der Waals surface area contributed by atoms with E-state index in [9.17, 15) is 9.59 Å². The van der Waals surface area contributed by atoms with Gasteiger partial charge in [-0.3, -0.25) is 14.2 Å². The van der Waals surface area contributed by atoms with Gasteiger partial charge in [0.25, 0.3) is 5.56 Å². The van der Waals surface area contributed by atoms with Crippen LogP contribution in [0, 0.1) is 0 Å². The number of benzene rings is 1. The summed E-state index contributed by atoms with van der Waals surface area (Å²) in [6.45, 7) is 0.331. The van der Waals surface area contributed by atoms with Gasteiger partial charge in [-0.1, -0.05) is 18.2 Å². The Morgan fingerprint density at radius 3 is 2.43 bits per heavy atom. The normalized spacial score (nSPS) is 14.5. The van der Waals surface area contributed by atoms with Crippen LogP contribution in [-0.2, 0) is 18.4 Å². The smallest absolute Gasteiger partial charge is 0.300 e. The van der Waals surface area contributed by atoms with Gasteiger partial charge in [0.2, 0.25) is 5.91 Å². The molecule has 1 amide bonds. The summed E-state index contributed by atoms with van der Waals surface area (Å²) >= 11 is 0. The van der Waals surface area contributed by atoms with Crippen molar-refractivity contribution in [2.24, 2.45) is 7.05 Å². The Hall–Kier alpha value is -2.83. The van der Waals surface area contributed by atoms with Crippen LogP contribution in [0.5, 0.6) is 6.01 Å². The van der Waals surface area contributed by atoms with Crippen molar-refractivity contribution in [3.8, 4) is 6.01 Å². The highest BCUT2D eigenvalue weighted by molar-refractivity contribution is 5.97. The van der Waals surface area contributed by atoms with E-state index in [1.807, 2.05) is 30.3 Å². The van der Waals surface area contributed by atoms with E-state index in [1.165, 1.54) is 11.7 Å². The molecule has 0 saturated carbocycles. The van der Waals surface area contributed by atoms with Crippen molar-refractivity contribution in [2.45, 2.75) is 6.54 Å². The van der Waals surface area contributed by atoms with Gasteiger partial charge in [-0.25, -0.2) is 0 Å². The van der Waals surface area contributed by atoms with Crippen LogP contribution in [0.15, 0.2) is 35.1 Å². The molecule has 0 spiro atoms. The summed E-state index contributed by atoms with van der Waals surface area (Å²) < 4.78 is 6.50. The second-order valence-electron chi connectivity index (χ2n) is 5.44. The standard InChI is InChI=1S/C16H18N4O3/c1-18-10-13(21)20(11-7-5-4-6-8-11)9-12-14(18)17-16(23-3)19(2)15(12)22/h4-8H,9-10H2,1-3H3. The van der Waals surface area contributed by atoms with Gasteiger partial charge in [-0.2, -0.15) is 4.98 Å². The second-order valence-corrected chi connectivity index (χ2v) is 5.44. The van der Waals surface area contributed by atoms with Crippen molar-refractivity contribution in [3.05, 3.63) is 46.2 Å². The van der Waals surface area contributed by atoms with Gasteiger partial charge in [-0.15, -0.1) is 0 Å². The maximum absolute atomic E-state index is 12.7. The molecule has 23 heavy (non-hydrogen) atoms. The molecule has 0 atom stereocenters. The maximum Gasteiger partial charge on any atom is 0.300 e. The molecule has 0 saturated heterocycles. The summed E-state index contributed by atoms with van der Waals surface area (Å²) in [5.74, 6) is 0.398. The van der Waals surface area contributed by atoms with E-state index in [-0.39, 0.29) is 30.6 Å². The zero-order valence-corrected chi connectivity index (χ0v) is 13.3. The van der Waals surface area contributed by atoms with Gasteiger partial charge < -0.3 is 14.5 Å². The highest BCUT2D eigenvalue weighted by Gasteiger charge is 2.29. The Balaban J connectivity index is 2.15. The number of fused-ring (bicyclic) bond motifs is 1. The molecule has 2 aromatic rings. The second kappa shape index (κ2) is 5.75. The molecule has 0 unspecified atom stereocenters. The van der Waals surface area contributed by atoms with Crippen LogP contribution in [0.3, 0.4) is 0 Å². The fraction of sp³-hybridized carbons (Fsp3) is 0.312. The van der Waals surface area contributed by atoms with Gasteiger partial charge >= 0.3 is 6.01 Å². The number of aromatic nitrogens is 2. The van der Waals surface area contributed by atoms with Crippen molar-refractivity contribution >= 4 is 17.4 Å². The monoisotopic (exact) mass is 314 g/mol. The third kappa shape index (κ3) is 2.54. The molecule has 7 heteroatoms. The van der Waals surface area contributed by atoms with E-state index in [0.717, 1.165) is 5.69 Å². The van der Waals surface area contributed by atoms with Crippen LogP contribution < -0.4 is 20.1 Å². The third-order valence-electron chi connectivity index (χ3n) is 3.92. The number of hydrogen-bond donors (Lipinski definition) is 0. The zero-order chi connectivity index (χ0) is 16.6. The fourth-order valence-corrected chi connectivity index (χ4v) is 2.71. The lowest BCUT2D eigenvalue weighted by molar-refractivity contribution is -0.117.